The third-order valence-electron chi connectivity index (χ3n) is 6.84. The number of carbonyl (C=O) groups is 2. The minimum atomic E-state index is -0.821. The molecule has 2 amide bonds. The van der Waals surface area contributed by atoms with Gasteiger partial charge in [-0.2, -0.15) is 4.39 Å². The van der Waals surface area contributed by atoms with Gasteiger partial charge in [0.05, 0.1) is 16.0 Å². The van der Waals surface area contributed by atoms with Gasteiger partial charge in [-0.15, -0.1) is 0 Å². The number of nitrogens with zero attached hydrogens (tertiary/aromatic N) is 4. The van der Waals surface area contributed by atoms with Crippen LogP contribution in [0.2, 0.25) is 0 Å². The third kappa shape index (κ3) is 5.77. The first kappa shape index (κ1) is 26.2. The number of nitrogens with one attached hydrogen (secondary N) is 1. The number of aryl methyl sites for hydroxylation is 2. The second-order valence-corrected chi connectivity index (χ2v) is 9.59. The van der Waals surface area contributed by atoms with Gasteiger partial charge in [-0.1, -0.05) is 18.6 Å². The number of imidazole rings is 1. The summed E-state index contributed by atoms with van der Waals surface area (Å²) in [5.74, 6) is -1.58. The van der Waals surface area contributed by atoms with E-state index in [1.807, 2.05) is 25.2 Å². The van der Waals surface area contributed by atoms with E-state index in [9.17, 15) is 28.9 Å². The highest BCUT2D eigenvalue weighted by molar-refractivity contribution is 6.00. The summed E-state index contributed by atoms with van der Waals surface area (Å²) in [6.07, 6.45) is 4.22. The first-order chi connectivity index (χ1) is 17.7. The number of amides is 2. The monoisotopic (exact) mass is 511 g/mol. The average Bonchev–Trinajstić information content (AvgIpc) is 3.08. The minimum absolute atomic E-state index is 0.206. The Hall–Kier alpha value is -3.86. The topological polar surface area (TPSA) is 119 Å². The van der Waals surface area contributed by atoms with Gasteiger partial charge in [0.15, 0.2) is 0 Å². The van der Waals surface area contributed by atoms with E-state index in [0.29, 0.717) is 24.0 Å². The molecule has 37 heavy (non-hydrogen) atoms. The van der Waals surface area contributed by atoms with Gasteiger partial charge in [-0.3, -0.25) is 34.2 Å². The molecule has 1 saturated heterocycles. The number of hydrogen-bond donors (Lipinski definition) is 1. The normalized spacial score (nSPS) is 15.9. The van der Waals surface area contributed by atoms with E-state index < -0.39 is 28.4 Å². The summed E-state index contributed by atoms with van der Waals surface area (Å²) in [7, 11) is 3.62. The van der Waals surface area contributed by atoms with Gasteiger partial charge in [-0.05, 0) is 68.6 Å². The maximum absolute atomic E-state index is 13.8. The number of nitro groups is 1. The number of hydrogen-bond acceptors (Lipinski definition) is 6. The van der Waals surface area contributed by atoms with Crippen molar-refractivity contribution in [1.82, 2.24) is 19.4 Å². The number of piperidine rings is 1. The Bertz CT molecular complexity index is 1410. The van der Waals surface area contributed by atoms with Gasteiger partial charge in [0.1, 0.15) is 6.04 Å². The van der Waals surface area contributed by atoms with Crippen LogP contribution in [0.3, 0.4) is 0 Å². The number of aromatic nitrogens is 2. The Morgan fingerprint density at radius 2 is 1.84 bits per heavy atom. The summed E-state index contributed by atoms with van der Waals surface area (Å²) in [4.78, 5) is 48.8. The van der Waals surface area contributed by atoms with Crippen LogP contribution in [0.5, 0.6) is 0 Å². The van der Waals surface area contributed by atoms with Crippen LogP contribution in [0.4, 0.5) is 10.1 Å². The predicted octanol–water partition coefficient (Wildman–Crippen LogP) is 3.21. The first-order valence-electron chi connectivity index (χ1n) is 12.3. The molecule has 1 aliphatic heterocycles. The van der Waals surface area contributed by atoms with Crippen LogP contribution in [0, 0.1) is 15.9 Å². The van der Waals surface area contributed by atoms with E-state index in [2.05, 4.69) is 10.2 Å². The lowest BCUT2D eigenvalue weighted by Gasteiger charge is -2.21. The molecule has 2 aromatic carbocycles. The molecule has 0 spiro atoms. The number of halogens is 1. The maximum atomic E-state index is 13.8. The zero-order chi connectivity index (χ0) is 26.7. The molecule has 0 saturated carbocycles. The second-order valence-electron chi connectivity index (χ2n) is 9.59. The van der Waals surface area contributed by atoms with Crippen molar-refractivity contribution in [1.29, 1.82) is 0 Å². The summed E-state index contributed by atoms with van der Waals surface area (Å²) in [6, 6.07) is 9.12. The van der Waals surface area contributed by atoms with E-state index in [1.165, 1.54) is 16.7 Å². The van der Waals surface area contributed by atoms with Gasteiger partial charge in [0, 0.05) is 26.1 Å². The predicted molar refractivity (Wildman–Crippen MR) is 136 cm³/mol. The highest BCUT2D eigenvalue weighted by Gasteiger charge is 2.31. The SMILES string of the molecule is CN(CCCCCc1ccc2c(c1)n(C)c(=O)n2C1CCC(=O)NC1=O)Cc1ccc([N+](=O)[O-])c(F)c1. The molecule has 3 aromatic rings. The molecular weight excluding hydrogens is 481 g/mol. The molecule has 1 aliphatic rings. The van der Waals surface area contributed by atoms with Crippen LogP contribution in [0.25, 0.3) is 11.0 Å². The third-order valence-corrected chi connectivity index (χ3v) is 6.84. The summed E-state index contributed by atoms with van der Waals surface area (Å²) in [6.45, 7) is 1.31. The Morgan fingerprint density at radius 1 is 1.08 bits per heavy atom. The standard InChI is InChI=1S/C26H30FN5O5/c1-29(16-18-8-9-20(32(36)37)19(27)14-18)13-5-3-4-6-17-7-10-21-23(15-17)30(2)26(35)31(21)22-11-12-24(33)28-25(22)34/h7-10,14-15,22H,3-6,11-13,16H2,1-2H3,(H,28,33,34). The quantitative estimate of drug-likeness (QED) is 0.193. The smallest absolute Gasteiger partial charge is 0.302 e. The summed E-state index contributed by atoms with van der Waals surface area (Å²) < 4.78 is 16.8. The van der Waals surface area contributed by atoms with Crippen LogP contribution in [0.15, 0.2) is 41.2 Å². The maximum Gasteiger partial charge on any atom is 0.329 e. The molecule has 1 N–H and O–H groups in total. The van der Waals surface area contributed by atoms with Crippen molar-refractivity contribution in [2.24, 2.45) is 7.05 Å². The average molecular weight is 512 g/mol. The van der Waals surface area contributed by atoms with Crippen LogP contribution >= 0.6 is 0 Å². The molecule has 1 fully saturated rings. The number of imide groups is 1. The highest BCUT2D eigenvalue weighted by Crippen LogP contribution is 2.24. The molecule has 1 unspecified atom stereocenters. The Kier molecular flexibility index (Phi) is 7.82. The molecule has 1 atom stereocenters. The number of rotatable bonds is 10. The number of benzene rings is 2. The zero-order valence-electron chi connectivity index (χ0n) is 20.9. The van der Waals surface area contributed by atoms with Crippen molar-refractivity contribution >= 4 is 28.5 Å². The lowest BCUT2D eigenvalue weighted by Crippen LogP contribution is -2.44. The fraction of sp³-hybridized carbons (Fsp3) is 0.423. The summed E-state index contributed by atoms with van der Waals surface area (Å²) >= 11 is 0. The van der Waals surface area contributed by atoms with Crippen LogP contribution in [-0.2, 0) is 29.6 Å². The number of carbonyl (C=O) groups excluding carboxylic acids is 2. The Morgan fingerprint density at radius 3 is 2.54 bits per heavy atom. The van der Waals surface area contributed by atoms with Crippen molar-refractivity contribution in [2.45, 2.75) is 51.1 Å². The van der Waals surface area contributed by atoms with Crippen LogP contribution < -0.4 is 11.0 Å². The lowest BCUT2D eigenvalue weighted by atomic mass is 10.0. The van der Waals surface area contributed by atoms with E-state index >= 15 is 0 Å². The molecule has 0 radical (unpaired) electrons. The minimum Gasteiger partial charge on any atom is -0.302 e. The van der Waals surface area contributed by atoms with Gasteiger partial charge >= 0.3 is 11.4 Å². The van der Waals surface area contributed by atoms with E-state index in [4.69, 9.17) is 0 Å². The number of nitro benzene ring substituents is 1. The van der Waals surface area contributed by atoms with Crippen molar-refractivity contribution < 1.29 is 18.9 Å². The molecule has 1 aromatic heterocycles. The number of unbranched alkanes of at least 4 members (excludes halogenated alkanes) is 2. The molecule has 10 nitrogen and oxygen atoms in total. The van der Waals surface area contributed by atoms with Gasteiger partial charge in [0.25, 0.3) is 0 Å². The molecule has 0 aliphatic carbocycles. The van der Waals surface area contributed by atoms with Crippen molar-refractivity contribution in [3.8, 4) is 0 Å². The first-order valence-corrected chi connectivity index (χ1v) is 12.3. The van der Waals surface area contributed by atoms with Crippen LogP contribution in [-0.4, -0.2) is 44.4 Å². The van der Waals surface area contributed by atoms with E-state index in [1.54, 1.807) is 17.7 Å². The van der Waals surface area contributed by atoms with E-state index in [-0.39, 0.29) is 18.0 Å². The second kappa shape index (κ2) is 11.0. The van der Waals surface area contributed by atoms with Gasteiger partial charge < -0.3 is 4.90 Å². The fourth-order valence-electron chi connectivity index (χ4n) is 4.87. The molecule has 196 valence electrons. The van der Waals surface area contributed by atoms with Gasteiger partial charge in [-0.25, -0.2) is 4.79 Å². The van der Waals surface area contributed by atoms with Crippen molar-refractivity contribution in [3.05, 3.63) is 73.9 Å². The fourth-order valence-corrected chi connectivity index (χ4v) is 4.87. The highest BCUT2D eigenvalue weighted by atomic mass is 19.1. The zero-order valence-corrected chi connectivity index (χ0v) is 20.9. The Balaban J connectivity index is 1.30. The summed E-state index contributed by atoms with van der Waals surface area (Å²) in [5.41, 5.74) is 2.42. The van der Waals surface area contributed by atoms with E-state index in [0.717, 1.165) is 43.3 Å². The van der Waals surface area contributed by atoms with Gasteiger partial charge in [0.2, 0.25) is 17.6 Å². The van der Waals surface area contributed by atoms with Crippen molar-refractivity contribution in [2.75, 3.05) is 13.6 Å². The molecular formula is C26H30FN5O5. The van der Waals surface area contributed by atoms with Crippen LogP contribution in [0.1, 0.15) is 49.3 Å². The van der Waals surface area contributed by atoms with Crippen molar-refractivity contribution in [3.63, 3.8) is 0 Å². The molecule has 11 heteroatoms. The molecule has 2 heterocycles. The molecule has 0 bridgehead atoms. The largest absolute Gasteiger partial charge is 0.329 e. The lowest BCUT2D eigenvalue weighted by molar-refractivity contribution is -0.387. The summed E-state index contributed by atoms with van der Waals surface area (Å²) in [5, 5.41) is 13.1. The Labute approximate surface area is 212 Å². The molecule has 4 rings (SSSR count). The number of fused-ring (bicyclic) bond motifs is 1.